The normalized spacial score (nSPS) is 14.4. The standard InChI is InChI=1S/C20H20N4O3S/c1-14(25)15-8-10-16(11-9-15)28(26,27)23-19-20(24-12-4-5-13-24)22-18-7-3-2-6-17(18)21-19/h2-3,6-11H,4-5,12-13H2,1H3,(H,21,23). The van der Waals surface area contributed by atoms with Crippen molar-refractivity contribution in [2.24, 2.45) is 0 Å². The van der Waals surface area contributed by atoms with Crippen molar-refractivity contribution in [1.29, 1.82) is 0 Å². The second kappa shape index (κ2) is 7.20. The number of aromatic nitrogens is 2. The molecule has 1 aliphatic heterocycles. The van der Waals surface area contributed by atoms with E-state index in [1.807, 2.05) is 18.2 Å². The molecule has 8 heteroatoms. The molecule has 28 heavy (non-hydrogen) atoms. The number of carbonyl (C=O) groups excluding carboxylic acids is 1. The minimum absolute atomic E-state index is 0.0693. The molecule has 0 aliphatic carbocycles. The minimum Gasteiger partial charge on any atom is -0.354 e. The van der Waals surface area contributed by atoms with E-state index < -0.39 is 10.0 Å². The van der Waals surface area contributed by atoms with Crippen LogP contribution in [0, 0.1) is 0 Å². The fourth-order valence-electron chi connectivity index (χ4n) is 3.26. The first-order valence-corrected chi connectivity index (χ1v) is 10.6. The highest BCUT2D eigenvalue weighted by molar-refractivity contribution is 7.92. The summed E-state index contributed by atoms with van der Waals surface area (Å²) in [6.07, 6.45) is 2.07. The Hall–Kier alpha value is -3.00. The van der Waals surface area contributed by atoms with Gasteiger partial charge in [-0.15, -0.1) is 0 Å². The summed E-state index contributed by atoms with van der Waals surface area (Å²) in [6, 6.07) is 13.2. The van der Waals surface area contributed by atoms with E-state index in [4.69, 9.17) is 0 Å². The summed E-state index contributed by atoms with van der Waals surface area (Å²) in [5, 5.41) is 0. The fraction of sp³-hybridized carbons (Fsp3) is 0.250. The van der Waals surface area contributed by atoms with Gasteiger partial charge in [0.2, 0.25) is 0 Å². The summed E-state index contributed by atoms with van der Waals surface area (Å²) >= 11 is 0. The number of nitrogens with one attached hydrogen (secondary N) is 1. The third-order valence-corrected chi connectivity index (χ3v) is 6.11. The first kappa shape index (κ1) is 18.4. The summed E-state index contributed by atoms with van der Waals surface area (Å²) in [7, 11) is -3.87. The first-order chi connectivity index (χ1) is 13.4. The third kappa shape index (κ3) is 3.55. The van der Waals surface area contributed by atoms with Gasteiger partial charge in [0, 0.05) is 18.7 Å². The maximum atomic E-state index is 12.9. The lowest BCUT2D eigenvalue weighted by Crippen LogP contribution is -2.23. The van der Waals surface area contributed by atoms with E-state index in [9.17, 15) is 13.2 Å². The summed E-state index contributed by atoms with van der Waals surface area (Å²) in [6.45, 7) is 3.07. The molecule has 1 aromatic heterocycles. The van der Waals surface area contributed by atoms with Gasteiger partial charge in [0.15, 0.2) is 17.4 Å². The van der Waals surface area contributed by atoms with E-state index in [1.54, 1.807) is 6.07 Å². The Morgan fingerprint density at radius 2 is 1.57 bits per heavy atom. The van der Waals surface area contributed by atoms with Gasteiger partial charge in [-0.2, -0.15) is 0 Å². The van der Waals surface area contributed by atoms with Crippen LogP contribution in [0.2, 0.25) is 0 Å². The van der Waals surface area contributed by atoms with E-state index in [2.05, 4.69) is 19.6 Å². The topological polar surface area (TPSA) is 92.3 Å². The molecule has 2 heterocycles. The number of sulfonamides is 1. The van der Waals surface area contributed by atoms with Gasteiger partial charge < -0.3 is 4.90 Å². The quantitative estimate of drug-likeness (QED) is 0.666. The van der Waals surface area contributed by atoms with Crippen molar-refractivity contribution in [1.82, 2.24) is 9.97 Å². The maximum absolute atomic E-state index is 12.9. The van der Waals surface area contributed by atoms with Gasteiger partial charge in [-0.25, -0.2) is 18.4 Å². The lowest BCUT2D eigenvalue weighted by molar-refractivity contribution is 0.101. The van der Waals surface area contributed by atoms with Crippen molar-refractivity contribution < 1.29 is 13.2 Å². The average Bonchev–Trinajstić information content (AvgIpc) is 3.22. The number of para-hydroxylation sites is 2. The smallest absolute Gasteiger partial charge is 0.263 e. The SMILES string of the molecule is CC(=O)c1ccc(S(=O)(=O)Nc2nc3ccccc3nc2N2CCCC2)cc1. The van der Waals surface area contributed by atoms with Crippen molar-refractivity contribution in [3.05, 3.63) is 54.1 Å². The van der Waals surface area contributed by atoms with Crippen LogP contribution in [0.1, 0.15) is 30.1 Å². The Morgan fingerprint density at radius 1 is 0.964 bits per heavy atom. The van der Waals surface area contributed by atoms with Gasteiger partial charge in [-0.3, -0.25) is 9.52 Å². The van der Waals surface area contributed by atoms with E-state index in [1.165, 1.54) is 31.2 Å². The Morgan fingerprint density at radius 3 is 2.18 bits per heavy atom. The van der Waals surface area contributed by atoms with E-state index >= 15 is 0 Å². The number of rotatable bonds is 5. The monoisotopic (exact) mass is 396 g/mol. The highest BCUT2D eigenvalue weighted by Crippen LogP contribution is 2.29. The predicted molar refractivity (Wildman–Crippen MR) is 108 cm³/mol. The molecule has 2 aromatic carbocycles. The van der Waals surface area contributed by atoms with Crippen molar-refractivity contribution in [2.75, 3.05) is 22.7 Å². The average molecular weight is 396 g/mol. The molecule has 144 valence electrons. The lowest BCUT2D eigenvalue weighted by Gasteiger charge is -2.20. The maximum Gasteiger partial charge on any atom is 0.263 e. The first-order valence-electron chi connectivity index (χ1n) is 9.09. The molecule has 7 nitrogen and oxygen atoms in total. The molecule has 3 aromatic rings. The van der Waals surface area contributed by atoms with Crippen LogP contribution in [0.4, 0.5) is 11.6 Å². The van der Waals surface area contributed by atoms with Crippen molar-refractivity contribution >= 4 is 38.5 Å². The molecule has 0 unspecified atom stereocenters. The van der Waals surface area contributed by atoms with E-state index in [0.717, 1.165) is 31.4 Å². The fourth-order valence-corrected chi connectivity index (χ4v) is 4.27. The van der Waals surface area contributed by atoms with Crippen LogP contribution >= 0.6 is 0 Å². The van der Waals surface area contributed by atoms with E-state index in [0.29, 0.717) is 16.9 Å². The Bertz CT molecular complexity index is 1140. The van der Waals surface area contributed by atoms with Crippen LogP contribution in [0.25, 0.3) is 11.0 Å². The van der Waals surface area contributed by atoms with Gasteiger partial charge in [0.1, 0.15) is 0 Å². The third-order valence-electron chi connectivity index (χ3n) is 4.76. The van der Waals surface area contributed by atoms with Crippen LogP contribution in [0.5, 0.6) is 0 Å². The molecule has 0 amide bonds. The van der Waals surface area contributed by atoms with Gasteiger partial charge in [0.25, 0.3) is 10.0 Å². The van der Waals surface area contributed by atoms with Gasteiger partial charge in [0.05, 0.1) is 15.9 Å². The largest absolute Gasteiger partial charge is 0.354 e. The molecule has 4 rings (SSSR count). The lowest BCUT2D eigenvalue weighted by atomic mass is 10.2. The molecular weight excluding hydrogens is 376 g/mol. The van der Waals surface area contributed by atoms with Crippen molar-refractivity contribution in [3.63, 3.8) is 0 Å². The van der Waals surface area contributed by atoms with Crippen LogP contribution in [0.15, 0.2) is 53.4 Å². The Kier molecular flexibility index (Phi) is 4.72. The second-order valence-corrected chi connectivity index (χ2v) is 8.45. The number of hydrogen-bond donors (Lipinski definition) is 1. The minimum atomic E-state index is -3.87. The zero-order valence-electron chi connectivity index (χ0n) is 15.4. The molecule has 1 aliphatic rings. The molecule has 0 bridgehead atoms. The number of fused-ring (bicyclic) bond motifs is 1. The summed E-state index contributed by atoms with van der Waals surface area (Å²) < 4.78 is 28.4. The Balaban J connectivity index is 1.74. The Labute approximate surface area is 163 Å². The molecule has 0 atom stereocenters. The molecule has 0 saturated carbocycles. The van der Waals surface area contributed by atoms with Gasteiger partial charge in [-0.1, -0.05) is 24.3 Å². The van der Waals surface area contributed by atoms with Crippen LogP contribution < -0.4 is 9.62 Å². The summed E-state index contributed by atoms with van der Waals surface area (Å²) in [4.78, 5) is 22.7. The van der Waals surface area contributed by atoms with Crippen molar-refractivity contribution in [2.45, 2.75) is 24.7 Å². The zero-order chi connectivity index (χ0) is 19.7. The number of Topliss-reactive ketones (excluding diaryl/α,β-unsaturated/α-hetero) is 1. The highest BCUT2D eigenvalue weighted by Gasteiger charge is 2.23. The molecule has 1 fully saturated rings. The highest BCUT2D eigenvalue weighted by atomic mass is 32.2. The van der Waals surface area contributed by atoms with E-state index in [-0.39, 0.29) is 16.5 Å². The van der Waals surface area contributed by atoms with Crippen molar-refractivity contribution in [3.8, 4) is 0 Å². The molecular formula is C20H20N4O3S. The number of nitrogens with zero attached hydrogens (tertiary/aromatic N) is 3. The number of anilines is 2. The number of benzene rings is 2. The second-order valence-electron chi connectivity index (χ2n) is 6.76. The molecule has 1 saturated heterocycles. The summed E-state index contributed by atoms with van der Waals surface area (Å²) in [5.41, 5.74) is 1.80. The van der Waals surface area contributed by atoms with Gasteiger partial charge >= 0.3 is 0 Å². The molecule has 1 N–H and O–H groups in total. The van der Waals surface area contributed by atoms with Crippen LogP contribution in [-0.2, 0) is 10.0 Å². The number of carbonyl (C=O) groups is 1. The molecule has 0 radical (unpaired) electrons. The van der Waals surface area contributed by atoms with Crippen LogP contribution in [-0.4, -0.2) is 37.3 Å². The zero-order valence-corrected chi connectivity index (χ0v) is 16.2. The predicted octanol–water partition coefficient (Wildman–Crippen LogP) is 3.23. The number of ketones is 1. The summed E-state index contributed by atoms with van der Waals surface area (Å²) in [5.74, 6) is 0.644. The molecule has 0 spiro atoms. The number of hydrogen-bond acceptors (Lipinski definition) is 6. The van der Waals surface area contributed by atoms with Crippen LogP contribution in [0.3, 0.4) is 0 Å². The van der Waals surface area contributed by atoms with Gasteiger partial charge in [-0.05, 0) is 44.0 Å².